The molecule has 4 rings (SSSR count). The predicted molar refractivity (Wildman–Crippen MR) is 466 cm³/mol. The van der Waals surface area contributed by atoms with Gasteiger partial charge in [0.2, 0.25) is 17.7 Å². The largest absolute Gasteiger partial charge is 0.466 e. The molecule has 0 spiro atoms. The van der Waals surface area contributed by atoms with Crippen LogP contribution in [-0.2, 0) is 90.5 Å². The van der Waals surface area contributed by atoms with Crippen LogP contribution in [0.25, 0.3) is 0 Å². The van der Waals surface area contributed by atoms with Gasteiger partial charge in [-0.15, -0.1) is 0 Å². The number of nitrogens with zero attached hydrogens (tertiary/aromatic N) is 1. The van der Waals surface area contributed by atoms with E-state index in [0.29, 0.717) is 180 Å². The number of hydrogen-bond donors (Lipinski definition) is 12. The Morgan fingerprint density at radius 2 is 0.782 bits per heavy atom. The lowest BCUT2D eigenvalue weighted by atomic mass is 9.71. The van der Waals surface area contributed by atoms with E-state index in [1.54, 1.807) is 56.6 Å². The van der Waals surface area contributed by atoms with Crippen molar-refractivity contribution in [2.45, 2.75) is 370 Å². The number of aliphatic hydroxyl groups excluding tert-OH is 9. The van der Waals surface area contributed by atoms with Crippen LogP contribution >= 0.6 is 21.6 Å². The molecule has 0 aromatic carbocycles. The van der Waals surface area contributed by atoms with Gasteiger partial charge in [0.1, 0.15) is 54.0 Å². The average Bonchev–Trinajstić information content (AvgIpc) is 1.31. The van der Waals surface area contributed by atoms with Crippen molar-refractivity contribution in [3.05, 3.63) is 0 Å². The molecule has 720 valence electrons. The van der Waals surface area contributed by atoms with E-state index in [-0.39, 0.29) is 131 Å². The average molecular weight is 1810 g/mol. The number of methoxy groups -OCH3 is 2. The summed E-state index contributed by atoms with van der Waals surface area (Å²) in [4.78, 5) is 119. The summed E-state index contributed by atoms with van der Waals surface area (Å²) in [6.45, 7) is 7.25. The SMILES string of the molecule is COC[C@H]1C[C@H](OC)CN1C(=O)CCCCC(=O)CCCSSCCC(=O)CC(CCCCOC(=O)CCCCCCCNC(=O)CCCOC1OC(CO)C(O)C(O)C1C)(CCCCOC(=O)NCCCCCCCC(=O)CCCOC1OC(CO)C(O)C(O)C1C)CCCOC(=O)CCCCCCCNC(=O)CCCOC1OC(CO)C(O)C(O)C1C. The molecular formula is C89H158N4O29S2. The lowest BCUT2D eigenvalue weighted by molar-refractivity contribution is -0.282. The molecule has 4 saturated heterocycles. The third-order valence-corrected chi connectivity index (χ3v) is 26.4. The van der Waals surface area contributed by atoms with Crippen molar-refractivity contribution in [1.82, 2.24) is 20.9 Å². The third kappa shape index (κ3) is 47.0. The number of carbonyl (C=O) groups is 9. The maximum Gasteiger partial charge on any atom is 0.407 e. The van der Waals surface area contributed by atoms with Crippen LogP contribution in [0.5, 0.6) is 0 Å². The first-order chi connectivity index (χ1) is 59.8. The predicted octanol–water partition coefficient (Wildman–Crippen LogP) is 8.25. The van der Waals surface area contributed by atoms with Gasteiger partial charge in [-0.25, -0.2) is 4.79 Å². The number of aliphatic hydroxyl groups is 9. The van der Waals surface area contributed by atoms with E-state index in [1.807, 2.05) is 4.90 Å². The summed E-state index contributed by atoms with van der Waals surface area (Å²) in [5.41, 5.74) is -0.518. The summed E-state index contributed by atoms with van der Waals surface area (Å²) in [5.74, 6) is -0.645. The maximum atomic E-state index is 14.3. The lowest BCUT2D eigenvalue weighted by Crippen LogP contribution is -2.55. The highest BCUT2D eigenvalue weighted by molar-refractivity contribution is 8.76. The first-order valence-corrected chi connectivity index (χ1v) is 48.9. The Morgan fingerprint density at radius 3 is 1.25 bits per heavy atom. The van der Waals surface area contributed by atoms with Crippen molar-refractivity contribution in [2.24, 2.45) is 23.2 Å². The molecule has 0 radical (unpaired) electrons. The van der Waals surface area contributed by atoms with Gasteiger partial charge in [0.05, 0.1) is 96.5 Å². The first-order valence-electron chi connectivity index (χ1n) is 46.4. The Labute approximate surface area is 744 Å². The van der Waals surface area contributed by atoms with E-state index in [2.05, 4.69) is 16.0 Å². The standard InChI is InChI=1S/C89H158N4O29S2/c1-63-79(105)82(108)71(59-94)120-85(63)116-50-27-34-67(97)32-15-9-6-14-24-47-92-88(111)119-49-26-21-43-89(57-69(99)41-55-124-123-54-30-35-68(98)33-18-19-38-76(102)93-58-70(113-5)56-66(93)62-112-4,44-31-53-115-78(104)40-17-11-8-13-23-46-91-75(101)37-29-52-118-87-65(3)81(107)84(110)73(61-96)122-87)42-20-25-48-114-77(103)39-16-10-7-12-22-45-90-74(100)36-28-51-117-86-64(2)80(106)83(109)72(60-95)121-86/h63-66,70-73,79-87,94-96,105-110H,6-62H2,1-5H3,(H,90,100)(H,91,101)(H,92,111)/t63?,64?,65?,66-,70+,71?,72?,73?,79?,80?,81?,82?,83?,84?,85?,86?,87?,89?/m1/s1. The molecule has 0 saturated carbocycles. The highest BCUT2D eigenvalue weighted by Gasteiger charge is 2.45. The normalized spacial score (nSPS) is 25.0. The molecule has 0 bridgehead atoms. The van der Waals surface area contributed by atoms with E-state index in [9.17, 15) is 89.1 Å². The minimum absolute atomic E-state index is 0.0122. The second-order valence-corrected chi connectivity index (χ2v) is 36.8. The fourth-order valence-corrected chi connectivity index (χ4v) is 18.2. The van der Waals surface area contributed by atoms with Gasteiger partial charge in [0, 0.05) is 140 Å². The Hall–Kier alpha value is -4.35. The Kier molecular flexibility index (Phi) is 61.2. The van der Waals surface area contributed by atoms with Gasteiger partial charge in [-0.2, -0.15) is 0 Å². The molecule has 12 N–H and O–H groups in total. The Morgan fingerprint density at radius 1 is 0.395 bits per heavy atom. The smallest absolute Gasteiger partial charge is 0.407 e. The number of Topliss-reactive ketones (excluding diaryl/α,β-unsaturated/α-hetero) is 3. The van der Waals surface area contributed by atoms with Crippen LogP contribution in [-0.4, -0.2) is 308 Å². The quantitative estimate of drug-likeness (QED) is 0.0118. The number of alkyl carbamates (subject to hydrolysis) is 1. The monoisotopic (exact) mass is 1810 g/mol. The van der Waals surface area contributed by atoms with Crippen molar-refractivity contribution in [3.63, 3.8) is 0 Å². The molecule has 4 amide bonds. The molecule has 33 nitrogen and oxygen atoms in total. The van der Waals surface area contributed by atoms with Crippen LogP contribution in [0, 0.1) is 23.2 Å². The van der Waals surface area contributed by atoms with Crippen LogP contribution in [0.1, 0.15) is 284 Å². The molecule has 4 aliphatic heterocycles. The summed E-state index contributed by atoms with van der Waals surface area (Å²) < 4.78 is 62.0. The number of rotatable bonds is 74. The lowest BCUT2D eigenvalue weighted by Gasteiger charge is -2.40. The van der Waals surface area contributed by atoms with Crippen molar-refractivity contribution in [3.8, 4) is 0 Å². The zero-order chi connectivity index (χ0) is 90.7. The number of unbranched alkanes of at least 4 members (excludes halogenated alkanes) is 15. The molecular weight excluding hydrogens is 1650 g/mol. The number of amides is 4. The van der Waals surface area contributed by atoms with Crippen molar-refractivity contribution in [1.29, 1.82) is 0 Å². The minimum atomic E-state index is -1.22. The molecule has 4 fully saturated rings. The van der Waals surface area contributed by atoms with Gasteiger partial charge in [-0.3, -0.25) is 38.4 Å². The number of ether oxygens (including phenoxy) is 11. The van der Waals surface area contributed by atoms with E-state index in [1.165, 1.54) is 0 Å². The van der Waals surface area contributed by atoms with Crippen molar-refractivity contribution < 1.29 is 141 Å². The second-order valence-electron chi connectivity index (χ2n) is 34.1. The second kappa shape index (κ2) is 67.8. The van der Waals surface area contributed by atoms with Gasteiger partial charge in [0.25, 0.3) is 0 Å². The van der Waals surface area contributed by atoms with E-state index in [0.717, 1.165) is 95.6 Å². The fraction of sp³-hybridized carbons (Fsp3) is 0.899. The number of hydrogen-bond acceptors (Lipinski definition) is 31. The highest BCUT2D eigenvalue weighted by Crippen LogP contribution is 2.41. The number of nitrogens with one attached hydrogen (secondary N) is 3. The third-order valence-electron chi connectivity index (χ3n) is 23.9. The maximum absolute atomic E-state index is 14.3. The Balaban J connectivity index is 1.25. The van der Waals surface area contributed by atoms with Crippen molar-refractivity contribution >= 4 is 74.7 Å². The first kappa shape index (κ1) is 112. The summed E-state index contributed by atoms with van der Waals surface area (Å²) in [6.07, 6.45) is 11.4. The zero-order valence-electron chi connectivity index (χ0n) is 75.1. The number of likely N-dealkylation sites (tertiary alicyclic amines) is 1. The van der Waals surface area contributed by atoms with Gasteiger partial charge in [-0.1, -0.05) is 100 Å². The van der Waals surface area contributed by atoms with Gasteiger partial charge in [0.15, 0.2) is 18.9 Å². The van der Waals surface area contributed by atoms with Crippen LogP contribution < -0.4 is 16.0 Å². The summed E-state index contributed by atoms with van der Waals surface area (Å²) in [7, 11) is 6.51. The number of carbonyl (C=O) groups excluding carboxylic acids is 9. The molecule has 0 aromatic rings. The number of esters is 2. The molecule has 18 atom stereocenters. The van der Waals surface area contributed by atoms with Crippen LogP contribution in [0.15, 0.2) is 0 Å². The van der Waals surface area contributed by atoms with E-state index in [4.69, 9.17) is 52.1 Å². The molecule has 0 aliphatic carbocycles. The molecule has 124 heavy (non-hydrogen) atoms. The minimum Gasteiger partial charge on any atom is -0.466 e. The molecule has 35 heteroatoms. The summed E-state index contributed by atoms with van der Waals surface area (Å²) in [6, 6.07) is -0.0137. The van der Waals surface area contributed by atoms with E-state index < -0.39 is 123 Å². The van der Waals surface area contributed by atoms with Crippen LogP contribution in [0.3, 0.4) is 0 Å². The van der Waals surface area contributed by atoms with Gasteiger partial charge >= 0.3 is 18.0 Å². The van der Waals surface area contributed by atoms with Crippen LogP contribution in [0.4, 0.5) is 4.79 Å². The topological polar surface area (TPSA) is 477 Å². The van der Waals surface area contributed by atoms with Gasteiger partial charge < -0.3 is 119 Å². The Bertz CT molecular complexity index is 2820. The van der Waals surface area contributed by atoms with Crippen molar-refractivity contribution in [2.75, 3.05) is 118 Å². The molecule has 4 heterocycles. The summed E-state index contributed by atoms with van der Waals surface area (Å²) in [5, 5.41) is 98.3. The van der Waals surface area contributed by atoms with Crippen LogP contribution in [0.2, 0.25) is 0 Å². The zero-order valence-corrected chi connectivity index (χ0v) is 76.7. The van der Waals surface area contributed by atoms with E-state index >= 15 is 0 Å². The highest BCUT2D eigenvalue weighted by atomic mass is 33.1. The summed E-state index contributed by atoms with van der Waals surface area (Å²) >= 11 is 0. The van der Waals surface area contributed by atoms with Gasteiger partial charge in [-0.05, 0) is 140 Å². The fourth-order valence-electron chi connectivity index (χ4n) is 16.0. The molecule has 16 unspecified atom stereocenters. The molecule has 4 aliphatic rings. The molecule has 0 aromatic heterocycles. The number of ketones is 3.